The van der Waals surface area contributed by atoms with E-state index >= 15 is 0 Å². The predicted octanol–water partition coefficient (Wildman–Crippen LogP) is 2.28. The molecule has 1 fully saturated rings. The second-order valence-electron chi connectivity index (χ2n) is 5.10. The molecule has 2 rings (SSSR count). The van der Waals surface area contributed by atoms with Crippen LogP contribution in [0.5, 0.6) is 0 Å². The van der Waals surface area contributed by atoms with E-state index in [2.05, 4.69) is 12.2 Å². The molecular formula is C15H21NO2. The highest BCUT2D eigenvalue weighted by atomic mass is 16.3. The van der Waals surface area contributed by atoms with Crippen LogP contribution in [0.2, 0.25) is 0 Å². The van der Waals surface area contributed by atoms with E-state index < -0.39 is 0 Å². The van der Waals surface area contributed by atoms with Gasteiger partial charge in [0.25, 0.3) is 5.91 Å². The fraction of sp³-hybridized carbons (Fsp3) is 0.533. The third kappa shape index (κ3) is 3.33. The lowest BCUT2D eigenvalue weighted by atomic mass is 9.89. The van der Waals surface area contributed by atoms with Gasteiger partial charge < -0.3 is 10.4 Å². The number of hydrogen-bond acceptors (Lipinski definition) is 2. The number of benzene rings is 1. The van der Waals surface area contributed by atoms with E-state index in [9.17, 15) is 4.79 Å². The van der Waals surface area contributed by atoms with Gasteiger partial charge in [0.15, 0.2) is 0 Å². The van der Waals surface area contributed by atoms with Crippen molar-refractivity contribution in [3.05, 3.63) is 35.4 Å². The Balaban J connectivity index is 1.86. The first-order valence-corrected chi connectivity index (χ1v) is 6.77. The average Bonchev–Trinajstić information content (AvgIpc) is 2.35. The van der Waals surface area contributed by atoms with Crippen molar-refractivity contribution in [2.24, 2.45) is 0 Å². The van der Waals surface area contributed by atoms with Gasteiger partial charge in [-0.05, 0) is 43.4 Å². The Morgan fingerprint density at radius 2 is 2.00 bits per heavy atom. The Bertz CT molecular complexity index is 393. The van der Waals surface area contributed by atoms with E-state index in [0.29, 0.717) is 18.4 Å². The molecule has 0 unspecified atom stereocenters. The highest BCUT2D eigenvalue weighted by Crippen LogP contribution is 2.19. The molecule has 18 heavy (non-hydrogen) atoms. The molecule has 1 aliphatic rings. The standard InChI is InChI=1S/C15H21NO2/c1-2-3-4-11-5-7-12(8-6-11)15(18)16-13-9-14(17)10-13/h5-8,13-14,17H,2-4,9-10H2,1H3,(H,16,18). The van der Waals surface area contributed by atoms with Crippen LogP contribution in [0, 0.1) is 0 Å². The number of rotatable bonds is 5. The molecule has 98 valence electrons. The molecule has 1 aliphatic carbocycles. The molecule has 0 bridgehead atoms. The number of hydrogen-bond donors (Lipinski definition) is 2. The highest BCUT2D eigenvalue weighted by Gasteiger charge is 2.28. The lowest BCUT2D eigenvalue weighted by Crippen LogP contribution is -2.46. The molecule has 1 aromatic rings. The summed E-state index contributed by atoms with van der Waals surface area (Å²) in [5, 5.41) is 12.1. The summed E-state index contributed by atoms with van der Waals surface area (Å²) in [7, 11) is 0. The van der Waals surface area contributed by atoms with Crippen LogP contribution in [0.3, 0.4) is 0 Å². The minimum atomic E-state index is -0.230. The molecule has 3 heteroatoms. The molecule has 0 atom stereocenters. The lowest BCUT2D eigenvalue weighted by Gasteiger charge is -2.31. The largest absolute Gasteiger partial charge is 0.393 e. The summed E-state index contributed by atoms with van der Waals surface area (Å²) in [6.07, 6.45) is 4.58. The van der Waals surface area contributed by atoms with Gasteiger partial charge in [-0.25, -0.2) is 0 Å². The zero-order chi connectivity index (χ0) is 13.0. The number of nitrogens with one attached hydrogen (secondary N) is 1. The highest BCUT2D eigenvalue weighted by molar-refractivity contribution is 5.94. The summed E-state index contributed by atoms with van der Waals surface area (Å²) in [5.74, 6) is -0.0334. The van der Waals surface area contributed by atoms with Crippen LogP contribution < -0.4 is 5.32 Å². The number of unbranched alkanes of at least 4 members (excludes halogenated alkanes) is 1. The lowest BCUT2D eigenvalue weighted by molar-refractivity contribution is 0.0562. The van der Waals surface area contributed by atoms with E-state index in [1.54, 1.807) is 0 Å². The first-order chi connectivity index (χ1) is 8.69. The maximum Gasteiger partial charge on any atom is 0.251 e. The third-order valence-electron chi connectivity index (χ3n) is 3.48. The van der Waals surface area contributed by atoms with Crippen LogP contribution in [0.25, 0.3) is 0 Å². The Hall–Kier alpha value is -1.35. The van der Waals surface area contributed by atoms with Gasteiger partial charge >= 0.3 is 0 Å². The minimum Gasteiger partial charge on any atom is -0.393 e. The van der Waals surface area contributed by atoms with Gasteiger partial charge in [-0.3, -0.25) is 4.79 Å². The topological polar surface area (TPSA) is 49.3 Å². The Kier molecular flexibility index (Phi) is 4.37. The minimum absolute atomic E-state index is 0.0334. The molecule has 1 saturated carbocycles. The van der Waals surface area contributed by atoms with E-state index in [4.69, 9.17) is 5.11 Å². The molecular weight excluding hydrogens is 226 g/mol. The van der Waals surface area contributed by atoms with Crippen LogP contribution in [0.15, 0.2) is 24.3 Å². The molecule has 0 aliphatic heterocycles. The van der Waals surface area contributed by atoms with Gasteiger partial charge in [-0.1, -0.05) is 25.5 Å². The van der Waals surface area contributed by atoms with Crippen molar-refractivity contribution in [2.75, 3.05) is 0 Å². The van der Waals surface area contributed by atoms with Gasteiger partial charge in [0.05, 0.1) is 6.10 Å². The van der Waals surface area contributed by atoms with Crippen LogP contribution in [-0.4, -0.2) is 23.2 Å². The van der Waals surface area contributed by atoms with E-state index in [0.717, 1.165) is 6.42 Å². The summed E-state index contributed by atoms with van der Waals surface area (Å²) in [5.41, 5.74) is 1.99. The zero-order valence-corrected chi connectivity index (χ0v) is 10.9. The van der Waals surface area contributed by atoms with Crippen molar-refractivity contribution < 1.29 is 9.90 Å². The van der Waals surface area contributed by atoms with Gasteiger partial charge in [-0.15, -0.1) is 0 Å². The van der Waals surface area contributed by atoms with Crippen molar-refractivity contribution in [1.29, 1.82) is 0 Å². The molecule has 0 saturated heterocycles. The van der Waals surface area contributed by atoms with Crippen molar-refractivity contribution in [3.8, 4) is 0 Å². The quantitative estimate of drug-likeness (QED) is 0.838. The molecule has 1 aromatic carbocycles. The van der Waals surface area contributed by atoms with Crippen LogP contribution in [-0.2, 0) is 6.42 Å². The summed E-state index contributed by atoms with van der Waals surface area (Å²) in [4.78, 5) is 11.9. The van der Waals surface area contributed by atoms with Crippen molar-refractivity contribution >= 4 is 5.91 Å². The smallest absolute Gasteiger partial charge is 0.251 e. The maximum absolute atomic E-state index is 11.9. The van der Waals surface area contributed by atoms with Gasteiger partial charge in [0.2, 0.25) is 0 Å². The Morgan fingerprint density at radius 3 is 2.56 bits per heavy atom. The summed E-state index contributed by atoms with van der Waals surface area (Å²) in [6, 6.07) is 7.97. The number of aliphatic hydroxyl groups excluding tert-OH is 1. The monoisotopic (exact) mass is 247 g/mol. The second kappa shape index (κ2) is 6.01. The van der Waals surface area contributed by atoms with Gasteiger partial charge in [-0.2, -0.15) is 0 Å². The molecule has 0 radical (unpaired) electrons. The van der Waals surface area contributed by atoms with Gasteiger partial charge in [0.1, 0.15) is 0 Å². The fourth-order valence-corrected chi connectivity index (χ4v) is 2.18. The molecule has 3 nitrogen and oxygen atoms in total. The number of carbonyl (C=O) groups excluding carboxylic acids is 1. The summed E-state index contributed by atoms with van der Waals surface area (Å²) in [6.45, 7) is 2.18. The normalized spacial score (nSPS) is 22.3. The first kappa shape index (κ1) is 13.1. The number of carbonyl (C=O) groups is 1. The fourth-order valence-electron chi connectivity index (χ4n) is 2.18. The van der Waals surface area contributed by atoms with E-state index in [1.807, 2.05) is 24.3 Å². The molecule has 0 aromatic heterocycles. The summed E-state index contributed by atoms with van der Waals surface area (Å²) >= 11 is 0. The Morgan fingerprint density at radius 1 is 1.33 bits per heavy atom. The van der Waals surface area contributed by atoms with Crippen molar-refractivity contribution in [1.82, 2.24) is 5.32 Å². The van der Waals surface area contributed by atoms with Crippen molar-refractivity contribution in [3.63, 3.8) is 0 Å². The summed E-state index contributed by atoms with van der Waals surface area (Å²) < 4.78 is 0. The van der Waals surface area contributed by atoms with Crippen LogP contribution in [0.1, 0.15) is 48.5 Å². The van der Waals surface area contributed by atoms with Gasteiger partial charge in [0, 0.05) is 11.6 Å². The van der Waals surface area contributed by atoms with Crippen molar-refractivity contribution in [2.45, 2.75) is 51.2 Å². The predicted molar refractivity (Wildman–Crippen MR) is 71.5 cm³/mol. The first-order valence-electron chi connectivity index (χ1n) is 6.77. The number of amides is 1. The van der Waals surface area contributed by atoms with Crippen LogP contribution >= 0.6 is 0 Å². The average molecular weight is 247 g/mol. The SMILES string of the molecule is CCCCc1ccc(C(=O)NC2CC(O)C2)cc1. The molecule has 0 spiro atoms. The maximum atomic E-state index is 11.9. The van der Waals surface area contributed by atoms with Crippen LogP contribution in [0.4, 0.5) is 0 Å². The Labute approximate surface area is 108 Å². The number of aryl methyl sites for hydroxylation is 1. The number of aliphatic hydroxyl groups is 1. The molecule has 1 amide bonds. The second-order valence-corrected chi connectivity index (χ2v) is 5.10. The molecule has 2 N–H and O–H groups in total. The molecule has 0 heterocycles. The van der Waals surface area contributed by atoms with E-state index in [-0.39, 0.29) is 18.1 Å². The zero-order valence-electron chi connectivity index (χ0n) is 10.9. The van der Waals surface area contributed by atoms with E-state index in [1.165, 1.54) is 18.4 Å². The third-order valence-corrected chi connectivity index (χ3v) is 3.48.